The van der Waals surface area contributed by atoms with E-state index in [0.29, 0.717) is 17.9 Å². The van der Waals surface area contributed by atoms with E-state index in [2.05, 4.69) is 0 Å². The maximum absolute atomic E-state index is 11.8. The van der Waals surface area contributed by atoms with Crippen LogP contribution in [0.3, 0.4) is 0 Å². The van der Waals surface area contributed by atoms with Gasteiger partial charge in [0.05, 0.1) is 5.41 Å². The van der Waals surface area contributed by atoms with E-state index in [4.69, 9.17) is 16.3 Å². The fourth-order valence-corrected chi connectivity index (χ4v) is 3.67. The van der Waals surface area contributed by atoms with Crippen LogP contribution in [0.1, 0.15) is 43.7 Å². The molecule has 19 heavy (non-hydrogen) atoms. The summed E-state index contributed by atoms with van der Waals surface area (Å²) in [5, 5.41) is 10.3. The molecule has 0 spiro atoms. The van der Waals surface area contributed by atoms with Crippen LogP contribution in [-0.4, -0.2) is 17.2 Å². The summed E-state index contributed by atoms with van der Waals surface area (Å²) in [7, 11) is 0. The van der Waals surface area contributed by atoms with E-state index < -0.39 is 11.4 Å². The molecule has 0 radical (unpaired) electrons. The Hall–Kier alpha value is -1.22. The van der Waals surface area contributed by atoms with Gasteiger partial charge < -0.3 is 9.84 Å². The van der Waals surface area contributed by atoms with Gasteiger partial charge in [-0.05, 0) is 37.5 Å². The molecule has 3 rings (SSSR count). The zero-order chi connectivity index (χ0) is 13.6. The predicted octanol–water partition coefficient (Wildman–Crippen LogP) is 3.56. The fraction of sp³-hybridized carbons (Fsp3) is 0.533. The van der Waals surface area contributed by atoms with Gasteiger partial charge in [0.1, 0.15) is 11.9 Å². The Balaban J connectivity index is 2.17. The summed E-state index contributed by atoms with van der Waals surface area (Å²) in [6.45, 7) is 2.00. The molecule has 0 aromatic heterocycles. The summed E-state index contributed by atoms with van der Waals surface area (Å²) in [6, 6.07) is 3.69. The molecule has 1 aromatic carbocycles. The molecular weight excluding hydrogens is 264 g/mol. The third-order valence-corrected chi connectivity index (χ3v) is 4.56. The van der Waals surface area contributed by atoms with Gasteiger partial charge in [-0.3, -0.25) is 4.79 Å². The molecule has 4 heteroatoms. The number of carboxylic acid groups (broad SMARTS) is 1. The Bertz CT molecular complexity index is 532. The van der Waals surface area contributed by atoms with Crippen LogP contribution in [0, 0.1) is 0 Å². The maximum atomic E-state index is 11.8. The number of carboxylic acids is 1. The lowest BCUT2D eigenvalue weighted by molar-refractivity contribution is -0.143. The number of rotatable bonds is 2. The molecule has 0 saturated heterocycles. The van der Waals surface area contributed by atoms with Gasteiger partial charge in [-0.15, -0.1) is 0 Å². The second kappa shape index (κ2) is 4.41. The molecule has 1 N–H and O–H groups in total. The van der Waals surface area contributed by atoms with Crippen LogP contribution in [0.15, 0.2) is 12.1 Å². The molecule has 1 aliphatic heterocycles. The molecule has 0 bridgehead atoms. The molecule has 1 unspecified atom stereocenters. The molecule has 1 aromatic rings. The van der Waals surface area contributed by atoms with Crippen LogP contribution < -0.4 is 4.74 Å². The summed E-state index contributed by atoms with van der Waals surface area (Å²) in [5.41, 5.74) is 1.02. The van der Waals surface area contributed by atoms with Crippen LogP contribution in [0.2, 0.25) is 5.02 Å². The van der Waals surface area contributed by atoms with Gasteiger partial charge in [-0.25, -0.2) is 0 Å². The smallest absolute Gasteiger partial charge is 0.314 e. The zero-order valence-electron chi connectivity index (χ0n) is 10.9. The van der Waals surface area contributed by atoms with E-state index in [1.54, 1.807) is 6.07 Å². The van der Waals surface area contributed by atoms with Gasteiger partial charge in [0.15, 0.2) is 0 Å². The highest BCUT2D eigenvalue weighted by atomic mass is 35.5. The molecule has 1 saturated carbocycles. The van der Waals surface area contributed by atoms with E-state index >= 15 is 0 Å². The highest BCUT2D eigenvalue weighted by molar-refractivity contribution is 6.30. The van der Waals surface area contributed by atoms with Gasteiger partial charge in [0, 0.05) is 17.0 Å². The molecule has 102 valence electrons. The molecule has 1 atom stereocenters. The lowest BCUT2D eigenvalue weighted by Crippen LogP contribution is -2.33. The normalized spacial score (nSPS) is 24.0. The summed E-state index contributed by atoms with van der Waals surface area (Å²) in [5.74, 6) is 0.0128. The van der Waals surface area contributed by atoms with Crippen molar-refractivity contribution in [2.24, 2.45) is 0 Å². The standard InChI is InChI=1S/C15H17ClO3/c1-9-6-10-7-11(16)8-12(13(10)19-9)15(14(17)18)4-2-3-5-15/h7-9H,2-6H2,1H3,(H,17,18). The number of carbonyl (C=O) groups is 1. The van der Waals surface area contributed by atoms with Gasteiger partial charge >= 0.3 is 5.97 Å². The van der Waals surface area contributed by atoms with Crippen molar-refractivity contribution in [1.82, 2.24) is 0 Å². The number of fused-ring (bicyclic) bond motifs is 1. The Morgan fingerprint density at radius 2 is 2.11 bits per heavy atom. The lowest BCUT2D eigenvalue weighted by atomic mass is 9.78. The minimum atomic E-state index is -0.807. The third-order valence-electron chi connectivity index (χ3n) is 4.34. The largest absolute Gasteiger partial charge is 0.490 e. The Labute approximate surface area is 117 Å². The van der Waals surface area contributed by atoms with E-state index in [-0.39, 0.29) is 6.10 Å². The number of halogens is 1. The van der Waals surface area contributed by atoms with Crippen molar-refractivity contribution < 1.29 is 14.6 Å². The minimum absolute atomic E-state index is 0.0967. The van der Waals surface area contributed by atoms with Gasteiger partial charge in [0.25, 0.3) is 0 Å². The average molecular weight is 281 g/mol. The number of benzene rings is 1. The van der Waals surface area contributed by atoms with Gasteiger partial charge in [0.2, 0.25) is 0 Å². The molecule has 1 heterocycles. The molecule has 0 amide bonds. The van der Waals surface area contributed by atoms with Crippen LogP contribution in [0.4, 0.5) is 0 Å². The average Bonchev–Trinajstić information content (AvgIpc) is 2.93. The van der Waals surface area contributed by atoms with Gasteiger partial charge in [-0.2, -0.15) is 0 Å². The first-order valence-electron chi connectivity index (χ1n) is 6.76. The van der Waals surface area contributed by atoms with E-state index in [9.17, 15) is 9.90 Å². The number of hydrogen-bond donors (Lipinski definition) is 1. The summed E-state index contributed by atoms with van der Waals surface area (Å²) in [4.78, 5) is 11.8. The predicted molar refractivity (Wildman–Crippen MR) is 73.0 cm³/mol. The van der Waals surface area contributed by atoms with Crippen molar-refractivity contribution in [2.75, 3.05) is 0 Å². The second-order valence-corrected chi connectivity index (χ2v) is 6.10. The van der Waals surface area contributed by atoms with Crippen LogP contribution >= 0.6 is 11.6 Å². The lowest BCUT2D eigenvalue weighted by Gasteiger charge is -2.26. The maximum Gasteiger partial charge on any atom is 0.314 e. The quantitative estimate of drug-likeness (QED) is 0.901. The minimum Gasteiger partial charge on any atom is -0.490 e. The van der Waals surface area contributed by atoms with Crippen molar-refractivity contribution in [3.05, 3.63) is 28.3 Å². The summed E-state index contributed by atoms with van der Waals surface area (Å²) in [6.07, 6.45) is 4.14. The molecular formula is C15H17ClO3. The molecule has 2 aliphatic rings. The molecule has 1 fully saturated rings. The number of hydrogen-bond acceptors (Lipinski definition) is 2. The first-order chi connectivity index (χ1) is 9.03. The van der Waals surface area contributed by atoms with Crippen LogP contribution in [-0.2, 0) is 16.6 Å². The Morgan fingerprint density at radius 1 is 1.42 bits per heavy atom. The zero-order valence-corrected chi connectivity index (χ0v) is 11.7. The van der Waals surface area contributed by atoms with Crippen molar-refractivity contribution in [2.45, 2.75) is 50.5 Å². The Kier molecular flexibility index (Phi) is 2.97. The van der Waals surface area contributed by atoms with E-state index in [1.165, 1.54) is 0 Å². The van der Waals surface area contributed by atoms with Crippen LogP contribution in [0.25, 0.3) is 0 Å². The highest BCUT2D eigenvalue weighted by Gasteiger charge is 2.46. The summed E-state index contributed by atoms with van der Waals surface area (Å²) < 4.78 is 5.86. The van der Waals surface area contributed by atoms with Crippen LogP contribution in [0.5, 0.6) is 5.75 Å². The Morgan fingerprint density at radius 3 is 2.74 bits per heavy atom. The fourth-order valence-electron chi connectivity index (χ4n) is 3.43. The van der Waals surface area contributed by atoms with Crippen molar-refractivity contribution >= 4 is 17.6 Å². The number of ether oxygens (including phenoxy) is 1. The highest BCUT2D eigenvalue weighted by Crippen LogP contribution is 2.48. The van der Waals surface area contributed by atoms with Crippen molar-refractivity contribution in [1.29, 1.82) is 0 Å². The molecule has 3 nitrogen and oxygen atoms in total. The topological polar surface area (TPSA) is 46.5 Å². The first kappa shape index (κ1) is 12.8. The third kappa shape index (κ3) is 1.91. The van der Waals surface area contributed by atoms with Crippen molar-refractivity contribution in [3.63, 3.8) is 0 Å². The van der Waals surface area contributed by atoms with E-state index in [1.807, 2.05) is 13.0 Å². The summed E-state index contributed by atoms with van der Waals surface area (Å²) >= 11 is 6.17. The van der Waals surface area contributed by atoms with E-state index in [0.717, 1.165) is 36.1 Å². The first-order valence-corrected chi connectivity index (χ1v) is 7.14. The number of aliphatic carboxylic acids is 1. The van der Waals surface area contributed by atoms with Crippen molar-refractivity contribution in [3.8, 4) is 5.75 Å². The second-order valence-electron chi connectivity index (χ2n) is 5.67. The van der Waals surface area contributed by atoms with Gasteiger partial charge in [-0.1, -0.05) is 24.4 Å². The SMILES string of the molecule is CC1Cc2cc(Cl)cc(C3(C(=O)O)CCCC3)c2O1. The monoisotopic (exact) mass is 280 g/mol. The molecule has 1 aliphatic carbocycles.